The highest BCUT2D eigenvalue weighted by molar-refractivity contribution is 5.76. The van der Waals surface area contributed by atoms with Crippen LogP contribution in [0.4, 0.5) is 0 Å². The second-order valence-corrected chi connectivity index (χ2v) is 5.04. The fourth-order valence-corrected chi connectivity index (χ4v) is 1.82. The number of nitrogens with zero attached hydrogens (tertiary/aromatic N) is 1. The first-order valence-corrected chi connectivity index (χ1v) is 7.09. The molecule has 0 heterocycles. The fourth-order valence-electron chi connectivity index (χ4n) is 1.82. The molecule has 0 bridgehead atoms. The van der Waals surface area contributed by atoms with E-state index in [-0.39, 0.29) is 18.0 Å². The van der Waals surface area contributed by atoms with Crippen molar-refractivity contribution in [2.24, 2.45) is 0 Å². The molecule has 4 nitrogen and oxygen atoms in total. The van der Waals surface area contributed by atoms with E-state index in [4.69, 9.17) is 5.26 Å². The van der Waals surface area contributed by atoms with Gasteiger partial charge in [0.1, 0.15) is 0 Å². The number of amides is 1. The van der Waals surface area contributed by atoms with Gasteiger partial charge in [0.25, 0.3) is 0 Å². The second kappa shape index (κ2) is 8.34. The highest BCUT2D eigenvalue weighted by Crippen LogP contribution is 2.12. The van der Waals surface area contributed by atoms with E-state index in [0.717, 1.165) is 12.0 Å². The summed E-state index contributed by atoms with van der Waals surface area (Å²) in [5.41, 5.74) is 1.78. The number of rotatable bonds is 7. The van der Waals surface area contributed by atoms with Gasteiger partial charge < -0.3 is 10.6 Å². The normalized spacial score (nSPS) is 13.3. The average molecular weight is 273 g/mol. The van der Waals surface area contributed by atoms with Crippen LogP contribution in [0.3, 0.4) is 0 Å². The van der Waals surface area contributed by atoms with Crippen LogP contribution in [-0.2, 0) is 4.79 Å². The highest BCUT2D eigenvalue weighted by atomic mass is 16.1. The molecule has 2 N–H and O–H groups in total. The number of benzene rings is 1. The van der Waals surface area contributed by atoms with E-state index in [1.54, 1.807) is 0 Å². The van der Waals surface area contributed by atoms with Gasteiger partial charge >= 0.3 is 0 Å². The average Bonchev–Trinajstić information content (AvgIpc) is 2.47. The predicted octanol–water partition coefficient (Wildman–Crippen LogP) is 2.51. The van der Waals surface area contributed by atoms with Crippen molar-refractivity contribution in [2.75, 3.05) is 6.54 Å². The molecule has 108 valence electrons. The molecular formula is C16H23N3O. The van der Waals surface area contributed by atoms with Crippen LogP contribution in [-0.4, -0.2) is 18.5 Å². The summed E-state index contributed by atoms with van der Waals surface area (Å²) >= 11 is 0. The maximum atomic E-state index is 11.6. The van der Waals surface area contributed by atoms with Gasteiger partial charge in [-0.25, -0.2) is 0 Å². The van der Waals surface area contributed by atoms with Gasteiger partial charge in [0, 0.05) is 25.0 Å². The van der Waals surface area contributed by atoms with Crippen LogP contribution in [0.2, 0.25) is 0 Å². The minimum Gasteiger partial charge on any atom is -0.354 e. The summed E-state index contributed by atoms with van der Waals surface area (Å²) in [7, 11) is 0. The topological polar surface area (TPSA) is 64.9 Å². The van der Waals surface area contributed by atoms with Crippen LogP contribution in [0, 0.1) is 11.3 Å². The molecule has 0 radical (unpaired) electrons. The van der Waals surface area contributed by atoms with Gasteiger partial charge in [0.15, 0.2) is 0 Å². The smallest absolute Gasteiger partial charge is 0.221 e. The first-order chi connectivity index (χ1) is 9.56. The number of hydrogen-bond donors (Lipinski definition) is 2. The van der Waals surface area contributed by atoms with Crippen LogP contribution in [0.15, 0.2) is 24.3 Å². The van der Waals surface area contributed by atoms with Crippen LogP contribution in [0.5, 0.6) is 0 Å². The maximum Gasteiger partial charge on any atom is 0.221 e. The Balaban J connectivity index is 2.34. The van der Waals surface area contributed by atoms with Crippen molar-refractivity contribution in [1.82, 2.24) is 10.6 Å². The van der Waals surface area contributed by atoms with Gasteiger partial charge in [0.2, 0.25) is 5.91 Å². The Labute approximate surface area is 121 Å². The van der Waals surface area contributed by atoms with Gasteiger partial charge in [0.05, 0.1) is 11.6 Å². The van der Waals surface area contributed by atoms with Crippen molar-refractivity contribution >= 4 is 5.91 Å². The molecule has 20 heavy (non-hydrogen) atoms. The van der Waals surface area contributed by atoms with E-state index in [2.05, 4.69) is 23.6 Å². The van der Waals surface area contributed by atoms with E-state index >= 15 is 0 Å². The zero-order valence-electron chi connectivity index (χ0n) is 12.4. The quantitative estimate of drug-likeness (QED) is 0.802. The van der Waals surface area contributed by atoms with Crippen molar-refractivity contribution in [3.8, 4) is 6.07 Å². The zero-order valence-corrected chi connectivity index (χ0v) is 12.4. The van der Waals surface area contributed by atoms with Crippen molar-refractivity contribution < 1.29 is 4.79 Å². The molecule has 0 spiro atoms. The standard InChI is InChI=1S/C16H23N3O/c1-4-12(2)19-16(20)9-10-18-13(3)15-7-5-14(11-17)6-8-15/h5-8,12-13,18H,4,9-10H2,1-3H3,(H,19,20). The lowest BCUT2D eigenvalue weighted by Gasteiger charge is -2.15. The third-order valence-electron chi connectivity index (χ3n) is 3.36. The SMILES string of the molecule is CCC(C)NC(=O)CCNC(C)c1ccc(C#N)cc1. The van der Waals surface area contributed by atoms with Gasteiger partial charge in [-0.2, -0.15) is 5.26 Å². The highest BCUT2D eigenvalue weighted by Gasteiger charge is 2.08. The Kier molecular flexibility index (Phi) is 6.75. The van der Waals surface area contributed by atoms with E-state index in [1.165, 1.54) is 0 Å². The molecule has 1 amide bonds. The van der Waals surface area contributed by atoms with Crippen LogP contribution in [0.1, 0.15) is 50.8 Å². The van der Waals surface area contributed by atoms with E-state index in [1.807, 2.05) is 38.1 Å². The Bertz CT molecular complexity index is 462. The van der Waals surface area contributed by atoms with Crippen molar-refractivity contribution in [3.63, 3.8) is 0 Å². The van der Waals surface area contributed by atoms with Crippen molar-refractivity contribution in [1.29, 1.82) is 5.26 Å². The molecule has 2 unspecified atom stereocenters. The lowest BCUT2D eigenvalue weighted by atomic mass is 10.1. The van der Waals surface area contributed by atoms with Crippen LogP contribution in [0.25, 0.3) is 0 Å². The first-order valence-electron chi connectivity index (χ1n) is 7.09. The summed E-state index contributed by atoms with van der Waals surface area (Å²) in [6.07, 6.45) is 1.42. The molecule has 0 saturated heterocycles. The first kappa shape index (κ1) is 16.2. The lowest BCUT2D eigenvalue weighted by molar-refractivity contribution is -0.121. The molecule has 1 rings (SSSR count). The number of carbonyl (C=O) groups is 1. The number of nitriles is 1. The maximum absolute atomic E-state index is 11.6. The molecule has 0 fully saturated rings. The Morgan fingerprint density at radius 3 is 2.50 bits per heavy atom. The third kappa shape index (κ3) is 5.41. The van der Waals surface area contributed by atoms with Gasteiger partial charge in [-0.1, -0.05) is 19.1 Å². The Hall–Kier alpha value is -1.86. The second-order valence-electron chi connectivity index (χ2n) is 5.04. The number of nitrogens with one attached hydrogen (secondary N) is 2. The Morgan fingerprint density at radius 1 is 1.30 bits per heavy atom. The predicted molar refractivity (Wildman–Crippen MR) is 80.1 cm³/mol. The summed E-state index contributed by atoms with van der Waals surface area (Å²) in [5, 5.41) is 15.0. The molecule has 0 aliphatic rings. The molecule has 0 aromatic heterocycles. The van der Waals surface area contributed by atoms with Gasteiger partial charge in [-0.05, 0) is 38.0 Å². The fraction of sp³-hybridized carbons (Fsp3) is 0.500. The summed E-state index contributed by atoms with van der Waals surface area (Å²) in [6, 6.07) is 10.00. The summed E-state index contributed by atoms with van der Waals surface area (Å²) in [4.78, 5) is 11.6. The molecule has 0 aliphatic heterocycles. The lowest BCUT2D eigenvalue weighted by Crippen LogP contribution is -2.34. The minimum absolute atomic E-state index is 0.0823. The molecule has 0 aliphatic carbocycles. The van der Waals surface area contributed by atoms with E-state index in [9.17, 15) is 4.79 Å². The molecule has 1 aromatic rings. The zero-order chi connectivity index (χ0) is 15.0. The largest absolute Gasteiger partial charge is 0.354 e. The monoisotopic (exact) mass is 273 g/mol. The molecule has 2 atom stereocenters. The summed E-state index contributed by atoms with van der Waals surface area (Å²) in [6.45, 7) is 6.75. The molecule has 0 saturated carbocycles. The van der Waals surface area contributed by atoms with Crippen LogP contribution >= 0.6 is 0 Å². The summed E-state index contributed by atoms with van der Waals surface area (Å²) < 4.78 is 0. The molecular weight excluding hydrogens is 250 g/mol. The van der Waals surface area contributed by atoms with Crippen molar-refractivity contribution in [3.05, 3.63) is 35.4 Å². The molecule has 1 aromatic carbocycles. The Morgan fingerprint density at radius 2 is 1.95 bits per heavy atom. The third-order valence-corrected chi connectivity index (χ3v) is 3.36. The van der Waals surface area contributed by atoms with Crippen LogP contribution < -0.4 is 10.6 Å². The number of carbonyl (C=O) groups excluding carboxylic acids is 1. The number of hydrogen-bond acceptors (Lipinski definition) is 3. The minimum atomic E-state index is 0.0823. The molecule has 4 heteroatoms. The van der Waals surface area contributed by atoms with Gasteiger partial charge in [-0.3, -0.25) is 4.79 Å². The van der Waals surface area contributed by atoms with Crippen molar-refractivity contribution in [2.45, 2.75) is 45.7 Å². The van der Waals surface area contributed by atoms with E-state index in [0.29, 0.717) is 18.5 Å². The van der Waals surface area contributed by atoms with E-state index < -0.39 is 0 Å². The summed E-state index contributed by atoms with van der Waals surface area (Å²) in [5.74, 6) is 0.0823. The van der Waals surface area contributed by atoms with Gasteiger partial charge in [-0.15, -0.1) is 0 Å².